The molecule has 2 atom stereocenters. The molecule has 10 heteroatoms. The number of carbonyl (C=O) groups excluding carboxylic acids is 3. The van der Waals surface area contributed by atoms with E-state index >= 15 is 0 Å². The van der Waals surface area contributed by atoms with Gasteiger partial charge in [0, 0.05) is 12.0 Å². The zero-order chi connectivity index (χ0) is 21.5. The van der Waals surface area contributed by atoms with Crippen LogP contribution >= 0.6 is 11.8 Å². The quantitative estimate of drug-likeness (QED) is 0.708. The SMILES string of the molecule is O=Cc1cc(C(F)(F)F)ccc1Oc1ccc2c(c1)OCC[C@H]2C1SC(=O)NC1=O. The number of aldehydes is 1. The average molecular weight is 437 g/mol. The monoisotopic (exact) mass is 437 g/mol. The zero-order valence-electron chi connectivity index (χ0n) is 15.2. The van der Waals surface area contributed by atoms with Crippen molar-refractivity contribution in [2.45, 2.75) is 23.8 Å². The van der Waals surface area contributed by atoms with E-state index in [0.717, 1.165) is 35.5 Å². The van der Waals surface area contributed by atoms with Crippen molar-refractivity contribution in [1.82, 2.24) is 5.32 Å². The van der Waals surface area contributed by atoms with Gasteiger partial charge < -0.3 is 9.47 Å². The number of carbonyl (C=O) groups is 3. The van der Waals surface area contributed by atoms with Crippen LogP contribution in [0.15, 0.2) is 36.4 Å². The molecule has 6 nitrogen and oxygen atoms in total. The van der Waals surface area contributed by atoms with E-state index in [9.17, 15) is 27.6 Å². The first-order chi connectivity index (χ1) is 14.3. The Bertz CT molecular complexity index is 1040. The molecule has 0 saturated carbocycles. The Balaban J connectivity index is 1.60. The van der Waals surface area contributed by atoms with Crippen LogP contribution in [-0.4, -0.2) is 29.3 Å². The van der Waals surface area contributed by atoms with Crippen LogP contribution in [0.2, 0.25) is 0 Å². The number of benzene rings is 2. The predicted octanol–water partition coefficient (Wildman–Crippen LogP) is 4.53. The third-order valence-electron chi connectivity index (χ3n) is 4.85. The highest BCUT2D eigenvalue weighted by molar-refractivity contribution is 8.15. The number of alkyl halides is 3. The first kappa shape index (κ1) is 20.3. The smallest absolute Gasteiger partial charge is 0.416 e. The highest BCUT2D eigenvalue weighted by Crippen LogP contribution is 2.44. The van der Waals surface area contributed by atoms with E-state index in [2.05, 4.69) is 5.32 Å². The van der Waals surface area contributed by atoms with Crippen LogP contribution in [0.25, 0.3) is 0 Å². The Morgan fingerprint density at radius 1 is 1.17 bits per heavy atom. The number of fused-ring (bicyclic) bond motifs is 1. The van der Waals surface area contributed by atoms with Crippen LogP contribution in [0.1, 0.15) is 33.8 Å². The summed E-state index contributed by atoms with van der Waals surface area (Å²) in [6, 6.07) is 7.45. The zero-order valence-corrected chi connectivity index (χ0v) is 16.0. The Morgan fingerprint density at radius 2 is 1.97 bits per heavy atom. The topological polar surface area (TPSA) is 81.7 Å². The lowest BCUT2D eigenvalue weighted by Crippen LogP contribution is -2.31. The standard InChI is InChI=1S/C20H14F3NO5S/c21-20(22,23)11-1-4-15(10(7-11)9-25)29-12-2-3-13-14(5-6-28-16(13)8-12)17-18(26)24-19(27)30-17/h1-4,7-9,14,17H,5-6H2,(H,24,26,27)/t14-,17?/m1/s1. The molecule has 1 fully saturated rings. The second kappa shape index (κ2) is 7.67. The van der Waals surface area contributed by atoms with Gasteiger partial charge in [-0.05, 0) is 36.2 Å². The van der Waals surface area contributed by atoms with Crippen LogP contribution in [0, 0.1) is 0 Å². The van der Waals surface area contributed by atoms with Crippen molar-refractivity contribution in [2.24, 2.45) is 0 Å². The molecule has 0 aliphatic carbocycles. The maximum atomic E-state index is 12.8. The molecule has 1 N–H and O–H groups in total. The van der Waals surface area contributed by atoms with Crippen molar-refractivity contribution >= 4 is 29.2 Å². The van der Waals surface area contributed by atoms with E-state index in [1.165, 1.54) is 0 Å². The molecular formula is C20H14F3NO5S. The fourth-order valence-electron chi connectivity index (χ4n) is 3.45. The van der Waals surface area contributed by atoms with Gasteiger partial charge in [0.1, 0.15) is 22.5 Å². The molecule has 0 bridgehead atoms. The average Bonchev–Trinajstić information content (AvgIpc) is 3.04. The maximum absolute atomic E-state index is 12.8. The molecule has 1 unspecified atom stereocenters. The second-order valence-electron chi connectivity index (χ2n) is 6.73. The van der Waals surface area contributed by atoms with Gasteiger partial charge in [-0.1, -0.05) is 17.8 Å². The number of hydrogen-bond acceptors (Lipinski definition) is 6. The summed E-state index contributed by atoms with van der Waals surface area (Å²) in [4.78, 5) is 34.8. The van der Waals surface area contributed by atoms with Crippen LogP contribution in [0.5, 0.6) is 17.2 Å². The summed E-state index contributed by atoms with van der Waals surface area (Å²) in [5, 5.41) is 1.33. The van der Waals surface area contributed by atoms with E-state index in [0.29, 0.717) is 25.1 Å². The van der Waals surface area contributed by atoms with E-state index in [4.69, 9.17) is 9.47 Å². The maximum Gasteiger partial charge on any atom is 0.416 e. The van der Waals surface area contributed by atoms with Gasteiger partial charge >= 0.3 is 6.18 Å². The van der Waals surface area contributed by atoms with E-state index < -0.39 is 17.0 Å². The summed E-state index contributed by atoms with van der Waals surface area (Å²) >= 11 is 0.942. The second-order valence-corrected chi connectivity index (χ2v) is 7.84. The van der Waals surface area contributed by atoms with Crippen molar-refractivity contribution in [2.75, 3.05) is 6.61 Å². The first-order valence-electron chi connectivity index (χ1n) is 8.89. The van der Waals surface area contributed by atoms with Crippen molar-refractivity contribution < 1.29 is 37.0 Å². The van der Waals surface area contributed by atoms with Gasteiger partial charge in [0.2, 0.25) is 5.91 Å². The Morgan fingerprint density at radius 3 is 2.63 bits per heavy atom. The predicted molar refractivity (Wildman–Crippen MR) is 101 cm³/mol. The van der Waals surface area contributed by atoms with Gasteiger partial charge in [-0.25, -0.2) is 0 Å². The molecular weight excluding hydrogens is 423 g/mol. The van der Waals surface area contributed by atoms with Gasteiger partial charge in [0.25, 0.3) is 5.24 Å². The fraction of sp³-hybridized carbons (Fsp3) is 0.250. The Kier molecular flexibility index (Phi) is 5.19. The summed E-state index contributed by atoms with van der Waals surface area (Å²) in [5.74, 6) is 0.119. The minimum atomic E-state index is -4.57. The third kappa shape index (κ3) is 3.87. The van der Waals surface area contributed by atoms with Crippen LogP contribution in [0.4, 0.5) is 18.0 Å². The van der Waals surface area contributed by atoms with E-state index in [1.807, 2.05) is 0 Å². The van der Waals surface area contributed by atoms with E-state index in [-0.39, 0.29) is 34.1 Å². The molecule has 4 rings (SSSR count). The van der Waals surface area contributed by atoms with Gasteiger partial charge in [-0.3, -0.25) is 19.7 Å². The van der Waals surface area contributed by atoms with Gasteiger partial charge in [-0.2, -0.15) is 13.2 Å². The number of hydrogen-bond donors (Lipinski definition) is 1. The molecule has 0 spiro atoms. The van der Waals surface area contributed by atoms with Gasteiger partial charge in [0.15, 0.2) is 6.29 Å². The minimum absolute atomic E-state index is 0.0263. The van der Waals surface area contributed by atoms with Crippen LogP contribution in [-0.2, 0) is 11.0 Å². The summed E-state index contributed by atoms with van der Waals surface area (Å²) in [6.07, 6.45) is -3.72. The van der Waals surface area contributed by atoms with Gasteiger partial charge in [-0.15, -0.1) is 0 Å². The fourth-order valence-corrected chi connectivity index (χ4v) is 4.45. The third-order valence-corrected chi connectivity index (χ3v) is 5.96. The lowest BCUT2D eigenvalue weighted by atomic mass is 9.89. The Labute approximate surface area is 172 Å². The van der Waals surface area contributed by atoms with Crippen LogP contribution in [0.3, 0.4) is 0 Å². The lowest BCUT2D eigenvalue weighted by molar-refractivity contribution is -0.137. The number of amides is 2. The molecule has 2 aromatic carbocycles. The molecule has 156 valence electrons. The summed E-state index contributed by atoms with van der Waals surface area (Å²) in [5.41, 5.74) is -0.451. The van der Waals surface area contributed by atoms with Crippen molar-refractivity contribution in [1.29, 1.82) is 0 Å². The number of thioether (sulfide) groups is 1. The molecule has 0 aromatic heterocycles. The molecule has 1 saturated heterocycles. The highest BCUT2D eigenvalue weighted by atomic mass is 32.2. The number of rotatable bonds is 4. The minimum Gasteiger partial charge on any atom is -0.493 e. The van der Waals surface area contributed by atoms with Crippen LogP contribution < -0.4 is 14.8 Å². The number of nitrogens with one attached hydrogen (secondary N) is 1. The first-order valence-corrected chi connectivity index (χ1v) is 9.77. The van der Waals surface area contributed by atoms with Crippen molar-refractivity contribution in [3.63, 3.8) is 0 Å². The highest BCUT2D eigenvalue weighted by Gasteiger charge is 2.41. The summed E-state index contributed by atoms with van der Waals surface area (Å²) < 4.78 is 49.8. The number of ether oxygens (including phenoxy) is 2. The molecule has 2 amide bonds. The lowest BCUT2D eigenvalue weighted by Gasteiger charge is -2.28. The molecule has 30 heavy (non-hydrogen) atoms. The van der Waals surface area contributed by atoms with Crippen molar-refractivity contribution in [3.05, 3.63) is 53.1 Å². The number of halogens is 3. The largest absolute Gasteiger partial charge is 0.493 e. The normalized spacial score (nSPS) is 20.9. The summed E-state index contributed by atoms with van der Waals surface area (Å²) in [7, 11) is 0. The molecule has 2 aliphatic heterocycles. The molecule has 0 radical (unpaired) electrons. The van der Waals surface area contributed by atoms with Gasteiger partial charge in [0.05, 0.1) is 17.7 Å². The molecule has 2 aliphatic rings. The molecule has 2 aromatic rings. The summed E-state index contributed by atoms with van der Waals surface area (Å²) in [6.45, 7) is 0.333. The van der Waals surface area contributed by atoms with E-state index in [1.54, 1.807) is 18.2 Å². The molecule has 2 heterocycles. The number of imide groups is 1. The Hall–Kier alpha value is -3.01. The van der Waals surface area contributed by atoms with Crippen molar-refractivity contribution in [3.8, 4) is 17.2 Å².